The summed E-state index contributed by atoms with van der Waals surface area (Å²) in [7, 11) is 2.01. The standard InChI is InChI=1S/C12H19N.C4H8.C2H6.H2/c1-11-6-8-12(9-7-11)5-3-4-10-13-2;1-3-4-2;1-2;/h6-9,13H,3-5,10H2,1-2H3;3-4H,1-2H3;1-2H3;1H/b;4-3+;;. The molecule has 0 unspecified atom stereocenters. The van der Waals surface area contributed by atoms with Gasteiger partial charge in [0.2, 0.25) is 0 Å². The van der Waals surface area contributed by atoms with E-state index in [2.05, 4.69) is 36.5 Å². The van der Waals surface area contributed by atoms with Gasteiger partial charge in [0.1, 0.15) is 0 Å². The summed E-state index contributed by atoms with van der Waals surface area (Å²) in [5, 5.41) is 3.16. The van der Waals surface area contributed by atoms with Crippen LogP contribution in [0.15, 0.2) is 36.4 Å². The molecule has 0 atom stereocenters. The number of rotatable bonds is 5. The average Bonchev–Trinajstić information content (AvgIpc) is 2.48. The van der Waals surface area contributed by atoms with Crippen LogP contribution in [0.25, 0.3) is 0 Å². The van der Waals surface area contributed by atoms with Gasteiger partial charge in [-0.05, 0) is 59.2 Å². The number of allylic oxidation sites excluding steroid dienone is 2. The van der Waals surface area contributed by atoms with Crippen LogP contribution in [-0.4, -0.2) is 13.6 Å². The first-order valence-electron chi connectivity index (χ1n) is 7.52. The van der Waals surface area contributed by atoms with Crippen molar-refractivity contribution in [3.63, 3.8) is 0 Å². The maximum absolute atomic E-state index is 3.16. The molecule has 1 N–H and O–H groups in total. The molecule has 0 aromatic heterocycles. The van der Waals surface area contributed by atoms with Crippen LogP contribution in [0, 0.1) is 6.92 Å². The summed E-state index contributed by atoms with van der Waals surface area (Å²) in [5.41, 5.74) is 2.81. The Morgan fingerprint density at radius 3 is 1.95 bits per heavy atom. The molecule has 0 aliphatic heterocycles. The Balaban J connectivity index is -0.000000357. The summed E-state index contributed by atoms with van der Waals surface area (Å²) in [6.07, 6.45) is 7.76. The van der Waals surface area contributed by atoms with Gasteiger partial charge in [-0.15, -0.1) is 0 Å². The summed E-state index contributed by atoms with van der Waals surface area (Å²) in [6.45, 7) is 11.3. The minimum Gasteiger partial charge on any atom is -0.320 e. The van der Waals surface area contributed by atoms with Gasteiger partial charge >= 0.3 is 0 Å². The van der Waals surface area contributed by atoms with Gasteiger partial charge in [-0.1, -0.05) is 55.8 Å². The smallest absolute Gasteiger partial charge is 0 e. The molecule has 0 saturated carbocycles. The van der Waals surface area contributed by atoms with E-state index in [1.165, 1.54) is 30.4 Å². The molecule has 112 valence electrons. The SMILES string of the molecule is C/C=C/C.CC.CNCCCCc1ccc(C)cc1.[HH]. The number of aryl methyl sites for hydroxylation is 2. The third-order valence-electron chi connectivity index (χ3n) is 2.60. The Morgan fingerprint density at radius 2 is 1.53 bits per heavy atom. The van der Waals surface area contributed by atoms with Crippen LogP contribution in [0.1, 0.15) is 53.1 Å². The van der Waals surface area contributed by atoms with Gasteiger partial charge in [0.15, 0.2) is 0 Å². The Morgan fingerprint density at radius 1 is 1.00 bits per heavy atom. The molecule has 1 heteroatoms. The van der Waals surface area contributed by atoms with Crippen LogP contribution in [0.2, 0.25) is 0 Å². The van der Waals surface area contributed by atoms with E-state index in [1.807, 2.05) is 46.9 Å². The molecule has 1 rings (SSSR count). The first-order chi connectivity index (χ1) is 9.24. The largest absolute Gasteiger partial charge is 0.320 e. The lowest BCUT2D eigenvalue weighted by molar-refractivity contribution is 0.677. The van der Waals surface area contributed by atoms with Gasteiger partial charge in [0.25, 0.3) is 0 Å². The zero-order valence-corrected chi connectivity index (χ0v) is 13.8. The lowest BCUT2D eigenvalue weighted by Gasteiger charge is -2.01. The molecule has 1 nitrogen and oxygen atoms in total. The van der Waals surface area contributed by atoms with Gasteiger partial charge in [0.05, 0.1) is 0 Å². The Kier molecular flexibility index (Phi) is 18.0. The molecule has 0 spiro atoms. The van der Waals surface area contributed by atoms with Crippen molar-refractivity contribution in [1.29, 1.82) is 0 Å². The van der Waals surface area contributed by atoms with Crippen molar-refractivity contribution in [1.82, 2.24) is 5.32 Å². The van der Waals surface area contributed by atoms with Crippen molar-refractivity contribution < 1.29 is 1.43 Å². The van der Waals surface area contributed by atoms with Gasteiger partial charge in [-0.3, -0.25) is 0 Å². The van der Waals surface area contributed by atoms with E-state index < -0.39 is 0 Å². The second kappa shape index (κ2) is 16.9. The van der Waals surface area contributed by atoms with Crippen LogP contribution in [0.4, 0.5) is 0 Å². The monoisotopic (exact) mass is 265 g/mol. The van der Waals surface area contributed by atoms with Crippen molar-refractivity contribution in [3.8, 4) is 0 Å². The van der Waals surface area contributed by atoms with E-state index in [-0.39, 0.29) is 1.43 Å². The fourth-order valence-electron chi connectivity index (χ4n) is 1.39. The normalized spacial score (nSPS) is 9.37. The highest BCUT2D eigenvalue weighted by atomic mass is 14.8. The number of nitrogens with one attached hydrogen (secondary N) is 1. The van der Waals surface area contributed by atoms with Crippen LogP contribution in [-0.2, 0) is 6.42 Å². The van der Waals surface area contributed by atoms with Gasteiger partial charge < -0.3 is 5.32 Å². The molecular weight excluding hydrogens is 230 g/mol. The van der Waals surface area contributed by atoms with Crippen molar-refractivity contribution in [2.45, 2.75) is 53.9 Å². The molecule has 1 aromatic carbocycles. The fraction of sp³-hybridized carbons (Fsp3) is 0.556. The van der Waals surface area contributed by atoms with Crippen LogP contribution in [0.3, 0.4) is 0 Å². The first kappa shape index (κ1) is 20.2. The number of hydrogen-bond donors (Lipinski definition) is 1. The number of unbranched alkanes of at least 4 members (excludes halogenated alkanes) is 1. The zero-order valence-electron chi connectivity index (χ0n) is 13.8. The summed E-state index contributed by atoms with van der Waals surface area (Å²) in [6, 6.07) is 8.84. The average molecular weight is 265 g/mol. The highest BCUT2D eigenvalue weighted by Crippen LogP contribution is 2.06. The van der Waals surface area contributed by atoms with E-state index in [0.717, 1.165) is 6.54 Å². The fourth-order valence-corrected chi connectivity index (χ4v) is 1.39. The van der Waals surface area contributed by atoms with Crippen LogP contribution in [0.5, 0.6) is 0 Å². The number of benzene rings is 1. The third-order valence-corrected chi connectivity index (χ3v) is 2.60. The van der Waals surface area contributed by atoms with Gasteiger partial charge in [-0.25, -0.2) is 0 Å². The summed E-state index contributed by atoms with van der Waals surface area (Å²) in [5.74, 6) is 0. The topological polar surface area (TPSA) is 12.0 Å². The van der Waals surface area contributed by atoms with Crippen molar-refractivity contribution >= 4 is 0 Å². The quantitative estimate of drug-likeness (QED) is 0.556. The highest BCUT2D eigenvalue weighted by Gasteiger charge is 1.92. The zero-order chi connectivity index (χ0) is 14.9. The molecule has 0 bridgehead atoms. The van der Waals surface area contributed by atoms with E-state index >= 15 is 0 Å². The summed E-state index contributed by atoms with van der Waals surface area (Å²) in [4.78, 5) is 0. The first-order valence-corrected chi connectivity index (χ1v) is 7.52. The second-order valence-electron chi connectivity index (χ2n) is 4.21. The Labute approximate surface area is 122 Å². The maximum atomic E-state index is 3.16. The molecule has 0 fully saturated rings. The van der Waals surface area contributed by atoms with Gasteiger partial charge in [-0.2, -0.15) is 0 Å². The van der Waals surface area contributed by atoms with Crippen molar-refractivity contribution in [2.24, 2.45) is 0 Å². The predicted octanol–water partition coefficient (Wildman–Crippen LogP) is 5.39. The van der Waals surface area contributed by atoms with Crippen molar-refractivity contribution in [2.75, 3.05) is 13.6 Å². The lowest BCUT2D eigenvalue weighted by Crippen LogP contribution is -2.07. The Hall–Kier alpha value is -1.08. The Bertz CT molecular complexity index is 287. The summed E-state index contributed by atoms with van der Waals surface area (Å²) < 4.78 is 0. The molecule has 0 saturated heterocycles. The molecule has 0 radical (unpaired) electrons. The van der Waals surface area contributed by atoms with Crippen molar-refractivity contribution in [3.05, 3.63) is 47.5 Å². The van der Waals surface area contributed by atoms with Gasteiger partial charge in [0, 0.05) is 1.43 Å². The molecule has 1 aromatic rings. The second-order valence-corrected chi connectivity index (χ2v) is 4.21. The maximum Gasteiger partial charge on any atom is 0 e. The molecule has 0 aliphatic rings. The highest BCUT2D eigenvalue weighted by molar-refractivity contribution is 5.21. The molecule has 0 aliphatic carbocycles. The van der Waals surface area contributed by atoms with E-state index in [9.17, 15) is 0 Å². The van der Waals surface area contributed by atoms with E-state index in [1.54, 1.807) is 0 Å². The predicted molar refractivity (Wildman–Crippen MR) is 92.0 cm³/mol. The summed E-state index contributed by atoms with van der Waals surface area (Å²) >= 11 is 0. The van der Waals surface area contributed by atoms with E-state index in [4.69, 9.17) is 0 Å². The van der Waals surface area contributed by atoms with Crippen LogP contribution < -0.4 is 5.32 Å². The molecule has 19 heavy (non-hydrogen) atoms. The molecule has 0 amide bonds. The lowest BCUT2D eigenvalue weighted by atomic mass is 10.1. The van der Waals surface area contributed by atoms with Crippen LogP contribution >= 0.6 is 0 Å². The minimum absolute atomic E-state index is 0. The van der Waals surface area contributed by atoms with E-state index in [0.29, 0.717) is 0 Å². The third kappa shape index (κ3) is 14.9. The molecule has 0 heterocycles. The number of hydrogen-bond acceptors (Lipinski definition) is 1. The minimum atomic E-state index is 0. The molecular formula is C18H35N.